The van der Waals surface area contributed by atoms with E-state index in [0.29, 0.717) is 6.04 Å². The van der Waals surface area contributed by atoms with Gasteiger partial charge in [-0.1, -0.05) is 12.8 Å². The molecule has 0 aliphatic carbocycles. The molecule has 1 N–H and O–H groups in total. The fourth-order valence-corrected chi connectivity index (χ4v) is 0.593. The average molecular weight is 125 g/mol. The highest BCUT2D eigenvalue weighted by molar-refractivity contribution is 4.96. The maximum absolute atomic E-state index is 5.16. The molecule has 9 heavy (non-hydrogen) atoms. The van der Waals surface area contributed by atoms with E-state index in [2.05, 4.69) is 25.1 Å². The predicted octanol–water partition coefficient (Wildman–Crippen LogP) is 1.40. The van der Waals surface area contributed by atoms with Gasteiger partial charge in [0.2, 0.25) is 0 Å². The minimum atomic E-state index is 0.208. The molecule has 2 unspecified atom stereocenters. The first-order valence-corrected chi connectivity index (χ1v) is 3.42. The van der Waals surface area contributed by atoms with Crippen molar-refractivity contribution in [1.29, 1.82) is 0 Å². The first kappa shape index (κ1) is 8.52. The zero-order valence-corrected chi connectivity index (χ0v) is 6.44. The van der Waals surface area contributed by atoms with Gasteiger partial charge < -0.3 is 5.32 Å². The van der Waals surface area contributed by atoms with Gasteiger partial charge in [-0.2, -0.15) is 0 Å². The molecule has 0 heterocycles. The fourth-order valence-electron chi connectivity index (χ4n) is 0.593. The number of hydrogen-bond donors (Lipinski definition) is 1. The maximum Gasteiger partial charge on any atom is 0.0660 e. The molecule has 52 valence electrons. The number of rotatable bonds is 3. The Bertz CT molecular complexity index is 102. The first-order valence-electron chi connectivity index (χ1n) is 3.42. The van der Waals surface area contributed by atoms with Gasteiger partial charge in [0.15, 0.2) is 0 Å². The lowest BCUT2D eigenvalue weighted by Gasteiger charge is -2.12. The Labute approximate surface area is 57.8 Å². The largest absolute Gasteiger partial charge is 0.301 e. The van der Waals surface area contributed by atoms with Crippen molar-refractivity contribution in [3.8, 4) is 12.3 Å². The molecule has 0 aromatic carbocycles. The molecule has 0 saturated carbocycles. The third kappa shape index (κ3) is 4.05. The van der Waals surface area contributed by atoms with Crippen LogP contribution < -0.4 is 5.32 Å². The van der Waals surface area contributed by atoms with Crippen LogP contribution in [-0.4, -0.2) is 12.1 Å². The molecule has 0 fully saturated rings. The second-order valence-corrected chi connectivity index (χ2v) is 2.36. The molecule has 0 amide bonds. The lowest BCUT2D eigenvalue weighted by atomic mass is 10.2. The van der Waals surface area contributed by atoms with Crippen molar-refractivity contribution in [2.75, 3.05) is 0 Å². The van der Waals surface area contributed by atoms with Gasteiger partial charge in [0.05, 0.1) is 6.04 Å². The van der Waals surface area contributed by atoms with Crippen LogP contribution >= 0.6 is 0 Å². The number of terminal acetylenes is 1. The summed E-state index contributed by atoms with van der Waals surface area (Å²) in [7, 11) is 0. The quantitative estimate of drug-likeness (QED) is 0.562. The van der Waals surface area contributed by atoms with Crippen LogP contribution in [0.25, 0.3) is 0 Å². The van der Waals surface area contributed by atoms with Crippen molar-refractivity contribution in [3.05, 3.63) is 0 Å². The van der Waals surface area contributed by atoms with Crippen molar-refractivity contribution < 1.29 is 0 Å². The molecule has 0 aromatic rings. The van der Waals surface area contributed by atoms with E-state index < -0.39 is 0 Å². The second-order valence-electron chi connectivity index (χ2n) is 2.36. The normalized spacial score (nSPS) is 16.2. The number of hydrogen-bond acceptors (Lipinski definition) is 1. The molecule has 0 spiro atoms. The lowest BCUT2D eigenvalue weighted by Crippen LogP contribution is -2.32. The Morgan fingerprint density at radius 3 is 2.44 bits per heavy atom. The first-order chi connectivity index (χ1) is 4.20. The van der Waals surface area contributed by atoms with Crippen LogP contribution in [0.15, 0.2) is 0 Å². The van der Waals surface area contributed by atoms with Gasteiger partial charge in [0.1, 0.15) is 0 Å². The molecule has 0 saturated heterocycles. The topological polar surface area (TPSA) is 12.0 Å². The van der Waals surface area contributed by atoms with Crippen LogP contribution in [0.1, 0.15) is 27.2 Å². The van der Waals surface area contributed by atoms with Crippen molar-refractivity contribution in [2.45, 2.75) is 39.3 Å². The minimum absolute atomic E-state index is 0.208. The van der Waals surface area contributed by atoms with Crippen molar-refractivity contribution >= 4 is 0 Å². The Hall–Kier alpha value is -0.480. The van der Waals surface area contributed by atoms with Gasteiger partial charge in [0, 0.05) is 6.04 Å². The summed E-state index contributed by atoms with van der Waals surface area (Å²) in [6.45, 7) is 6.26. The standard InChI is InChI=1S/C8H15N/c1-5-7(3)9-8(4)6-2/h1,7-9H,6H2,2-4H3. The van der Waals surface area contributed by atoms with Gasteiger partial charge in [-0.15, -0.1) is 6.42 Å². The van der Waals surface area contributed by atoms with Crippen LogP contribution in [-0.2, 0) is 0 Å². The summed E-state index contributed by atoms with van der Waals surface area (Å²) >= 11 is 0. The monoisotopic (exact) mass is 125 g/mol. The van der Waals surface area contributed by atoms with E-state index in [-0.39, 0.29) is 6.04 Å². The Morgan fingerprint density at radius 1 is 1.56 bits per heavy atom. The van der Waals surface area contributed by atoms with Crippen LogP contribution in [0.4, 0.5) is 0 Å². The summed E-state index contributed by atoms with van der Waals surface area (Å²) in [4.78, 5) is 0. The Morgan fingerprint density at radius 2 is 2.11 bits per heavy atom. The zero-order valence-electron chi connectivity index (χ0n) is 6.44. The smallest absolute Gasteiger partial charge is 0.0660 e. The molecule has 0 aliphatic heterocycles. The highest BCUT2D eigenvalue weighted by atomic mass is 14.9. The van der Waals surface area contributed by atoms with Crippen LogP contribution in [0, 0.1) is 12.3 Å². The molecule has 1 nitrogen and oxygen atoms in total. The third-order valence-corrected chi connectivity index (χ3v) is 1.40. The van der Waals surface area contributed by atoms with Crippen molar-refractivity contribution in [2.24, 2.45) is 0 Å². The SMILES string of the molecule is C#CC(C)NC(C)CC. The lowest BCUT2D eigenvalue weighted by molar-refractivity contribution is 0.512. The van der Waals surface area contributed by atoms with E-state index in [1.54, 1.807) is 0 Å². The maximum atomic E-state index is 5.16. The summed E-state index contributed by atoms with van der Waals surface area (Å²) in [6, 6.07) is 0.746. The summed E-state index contributed by atoms with van der Waals surface area (Å²) in [5, 5.41) is 3.24. The van der Waals surface area contributed by atoms with Crippen molar-refractivity contribution in [3.63, 3.8) is 0 Å². The molecular weight excluding hydrogens is 110 g/mol. The molecule has 0 aromatic heterocycles. The van der Waals surface area contributed by atoms with Gasteiger partial charge in [-0.3, -0.25) is 0 Å². The van der Waals surface area contributed by atoms with Gasteiger partial charge in [0.25, 0.3) is 0 Å². The van der Waals surface area contributed by atoms with E-state index in [1.165, 1.54) is 0 Å². The van der Waals surface area contributed by atoms with E-state index in [0.717, 1.165) is 6.42 Å². The molecule has 0 bridgehead atoms. The summed E-state index contributed by atoms with van der Waals surface area (Å²) < 4.78 is 0. The fraction of sp³-hybridized carbons (Fsp3) is 0.750. The molecule has 0 radical (unpaired) electrons. The highest BCUT2D eigenvalue weighted by Gasteiger charge is 1.99. The van der Waals surface area contributed by atoms with Gasteiger partial charge >= 0.3 is 0 Å². The summed E-state index contributed by atoms with van der Waals surface area (Å²) in [5.41, 5.74) is 0. The Balaban J connectivity index is 3.37. The predicted molar refractivity (Wildman–Crippen MR) is 41.2 cm³/mol. The zero-order chi connectivity index (χ0) is 7.28. The van der Waals surface area contributed by atoms with Crippen LogP contribution in [0.2, 0.25) is 0 Å². The summed E-state index contributed by atoms with van der Waals surface area (Å²) in [6.07, 6.45) is 6.29. The average Bonchev–Trinajstić information content (AvgIpc) is 1.87. The van der Waals surface area contributed by atoms with Crippen molar-refractivity contribution in [1.82, 2.24) is 5.32 Å². The second kappa shape index (κ2) is 4.40. The van der Waals surface area contributed by atoms with E-state index in [1.807, 2.05) is 6.92 Å². The van der Waals surface area contributed by atoms with E-state index in [9.17, 15) is 0 Å². The van der Waals surface area contributed by atoms with Crippen LogP contribution in [0.5, 0.6) is 0 Å². The van der Waals surface area contributed by atoms with Crippen LogP contribution in [0.3, 0.4) is 0 Å². The van der Waals surface area contributed by atoms with Gasteiger partial charge in [-0.05, 0) is 20.3 Å². The third-order valence-electron chi connectivity index (χ3n) is 1.40. The van der Waals surface area contributed by atoms with Gasteiger partial charge in [-0.25, -0.2) is 0 Å². The molecular formula is C8H15N. The van der Waals surface area contributed by atoms with E-state index >= 15 is 0 Å². The molecule has 1 heteroatoms. The Kier molecular flexibility index (Phi) is 4.17. The molecule has 0 rings (SSSR count). The summed E-state index contributed by atoms with van der Waals surface area (Å²) in [5.74, 6) is 2.62. The van der Waals surface area contributed by atoms with E-state index in [4.69, 9.17) is 6.42 Å². The molecule has 0 aliphatic rings. The number of nitrogens with one attached hydrogen (secondary N) is 1. The minimum Gasteiger partial charge on any atom is -0.301 e. The molecule has 2 atom stereocenters. The highest BCUT2D eigenvalue weighted by Crippen LogP contribution is 1.89.